The van der Waals surface area contributed by atoms with Gasteiger partial charge >= 0.3 is 0 Å². The molecule has 3 aliphatic heterocycles. The molecule has 0 radical (unpaired) electrons. The number of rotatable bonds is 71. The third-order valence-corrected chi connectivity index (χ3v) is 21.8. The monoisotopic (exact) mass is 1520 g/mol. The number of hydrogen-bond acceptors (Lipinski definition) is 18. The van der Waals surface area contributed by atoms with Crippen LogP contribution in [0.4, 0.5) is 0 Å². The molecule has 626 valence electrons. The van der Waals surface area contributed by atoms with Gasteiger partial charge in [-0.15, -0.1) is 0 Å². The van der Waals surface area contributed by atoms with Crippen LogP contribution in [0, 0.1) is 0 Å². The second-order valence-corrected chi connectivity index (χ2v) is 31.3. The Hall–Kier alpha value is -2.51. The highest BCUT2D eigenvalue weighted by Crippen LogP contribution is 2.33. The SMILES string of the molecule is CC/C=C\C/C=C\C/C=C\C/C=C\CCCCCCCCCCCCCCCCCCCCCCCCCCCCC(=O)NC(COC1OC(CO)C(OC2OC(CO)C(OC3OC(CO)C(O)C(O)C3O)C(O)C2O)C(O)C1O)C(O)/C=C/CCCCCCCCCCCCCCCCCCCCCCC. The third-order valence-electron chi connectivity index (χ3n) is 21.8. The van der Waals surface area contributed by atoms with Crippen LogP contribution < -0.4 is 5.32 Å². The molecule has 0 bridgehead atoms. The van der Waals surface area contributed by atoms with Crippen molar-refractivity contribution in [1.29, 1.82) is 0 Å². The average molecular weight is 1520 g/mol. The van der Waals surface area contributed by atoms with Crippen molar-refractivity contribution in [3.8, 4) is 0 Å². The second kappa shape index (κ2) is 67.9. The van der Waals surface area contributed by atoms with E-state index in [1.54, 1.807) is 6.08 Å². The maximum atomic E-state index is 13.5. The van der Waals surface area contributed by atoms with Crippen molar-refractivity contribution in [2.75, 3.05) is 26.4 Å². The molecule has 3 heterocycles. The zero-order chi connectivity index (χ0) is 77.4. The van der Waals surface area contributed by atoms with Crippen molar-refractivity contribution in [1.82, 2.24) is 5.32 Å². The van der Waals surface area contributed by atoms with E-state index >= 15 is 0 Å². The van der Waals surface area contributed by atoms with Crippen LogP contribution in [0.5, 0.6) is 0 Å². The Labute approximate surface area is 649 Å². The molecule has 1 amide bonds. The number of aliphatic hydroxyl groups excluding tert-OH is 11. The number of ether oxygens (including phenoxy) is 6. The summed E-state index contributed by atoms with van der Waals surface area (Å²) in [5.74, 6) is -0.268. The van der Waals surface area contributed by atoms with Crippen LogP contribution in [0.1, 0.15) is 361 Å². The number of carbonyl (C=O) groups excluding carboxylic acids is 1. The minimum absolute atomic E-state index is 0.247. The van der Waals surface area contributed by atoms with Crippen molar-refractivity contribution < 1.29 is 89.4 Å². The summed E-state index contributed by atoms with van der Waals surface area (Å²) in [6.45, 7) is 1.68. The third kappa shape index (κ3) is 47.1. The minimum Gasteiger partial charge on any atom is -0.394 e. The van der Waals surface area contributed by atoms with E-state index in [2.05, 4.69) is 67.8 Å². The van der Waals surface area contributed by atoms with Gasteiger partial charge in [-0.3, -0.25) is 4.79 Å². The van der Waals surface area contributed by atoms with E-state index in [1.807, 2.05) is 6.08 Å². The van der Waals surface area contributed by atoms with Crippen molar-refractivity contribution in [3.63, 3.8) is 0 Å². The summed E-state index contributed by atoms with van der Waals surface area (Å²) in [5.41, 5.74) is 0. The molecule has 0 spiro atoms. The van der Waals surface area contributed by atoms with Gasteiger partial charge in [0.15, 0.2) is 18.9 Å². The number of carbonyl (C=O) groups is 1. The smallest absolute Gasteiger partial charge is 0.220 e. The van der Waals surface area contributed by atoms with E-state index in [1.165, 1.54) is 263 Å². The lowest BCUT2D eigenvalue weighted by Crippen LogP contribution is -2.66. The van der Waals surface area contributed by atoms with Crippen molar-refractivity contribution in [2.45, 2.75) is 465 Å². The number of aliphatic hydroxyl groups is 11. The van der Waals surface area contributed by atoms with Gasteiger partial charge in [0.1, 0.15) is 73.2 Å². The molecule has 107 heavy (non-hydrogen) atoms. The molecule has 3 fully saturated rings. The lowest BCUT2D eigenvalue weighted by molar-refractivity contribution is -0.379. The first-order valence-corrected chi connectivity index (χ1v) is 44.0. The Balaban J connectivity index is 1.30. The zero-order valence-corrected chi connectivity index (χ0v) is 67.4. The largest absolute Gasteiger partial charge is 0.394 e. The highest BCUT2D eigenvalue weighted by Gasteiger charge is 2.54. The first-order valence-electron chi connectivity index (χ1n) is 44.0. The van der Waals surface area contributed by atoms with E-state index in [9.17, 15) is 61.0 Å². The first-order chi connectivity index (χ1) is 52.3. The lowest BCUT2D eigenvalue weighted by Gasteiger charge is -2.48. The Kier molecular flexibility index (Phi) is 62.7. The summed E-state index contributed by atoms with van der Waals surface area (Å²) >= 11 is 0. The Morgan fingerprint density at radius 3 is 1.01 bits per heavy atom. The summed E-state index contributed by atoms with van der Waals surface area (Å²) in [6, 6.07) is -0.974. The molecular weight excluding hydrogens is 1360 g/mol. The molecule has 17 atom stereocenters. The maximum Gasteiger partial charge on any atom is 0.220 e. The molecule has 3 rings (SSSR count). The molecule has 0 saturated carbocycles. The summed E-state index contributed by atoms with van der Waals surface area (Å²) in [7, 11) is 0. The normalized spacial score (nSPS) is 25.8. The number of hydrogen-bond donors (Lipinski definition) is 12. The van der Waals surface area contributed by atoms with Gasteiger partial charge in [0.05, 0.1) is 38.6 Å². The molecule has 19 heteroatoms. The Morgan fingerprint density at radius 2 is 0.645 bits per heavy atom. The van der Waals surface area contributed by atoms with Gasteiger partial charge in [0.2, 0.25) is 5.91 Å². The van der Waals surface area contributed by atoms with Gasteiger partial charge in [-0.1, -0.05) is 357 Å². The molecule has 17 unspecified atom stereocenters. The molecule has 0 aromatic rings. The van der Waals surface area contributed by atoms with E-state index in [0.29, 0.717) is 6.42 Å². The number of amides is 1. The maximum absolute atomic E-state index is 13.5. The summed E-state index contributed by atoms with van der Waals surface area (Å²) in [4.78, 5) is 13.5. The average Bonchev–Trinajstić information content (AvgIpc) is 0.781. The molecule has 0 aliphatic carbocycles. The zero-order valence-electron chi connectivity index (χ0n) is 67.4. The summed E-state index contributed by atoms with van der Waals surface area (Å²) < 4.78 is 34.5. The van der Waals surface area contributed by atoms with Crippen LogP contribution in [0.25, 0.3) is 0 Å². The number of allylic oxidation sites excluding steroid dienone is 9. The van der Waals surface area contributed by atoms with Crippen molar-refractivity contribution >= 4 is 5.91 Å². The van der Waals surface area contributed by atoms with E-state index in [0.717, 1.165) is 70.6 Å². The standard InChI is InChI=1S/C88H161NO18/c1-3-5-7-9-11-13-15-17-19-21-23-25-27-28-29-30-31-32-33-34-35-36-37-38-39-40-41-42-44-46-48-50-52-54-56-58-60-62-64-66-76(94)89-71(72(93)65-63-61-59-57-55-53-51-49-47-45-43-26-24-22-20-18-16-14-12-10-8-6-4-2)70-102-86-82(100)79(97)84(74(68-91)104-86)107-88-83(101)80(98)85(75(69-92)105-88)106-87-81(99)78(96)77(95)73(67-90)103-87/h5,7,11,13,17,19,23,25,63,65,71-75,77-88,90-93,95-101H,3-4,6,8-10,12,14-16,18,20-22,24,26-62,64,66-70H2,1-2H3,(H,89,94)/b7-5-,13-11-,19-17-,25-23-,65-63+. The van der Waals surface area contributed by atoms with Crippen LogP contribution in [-0.2, 0) is 33.2 Å². The van der Waals surface area contributed by atoms with Crippen molar-refractivity contribution in [2.24, 2.45) is 0 Å². The molecule has 12 N–H and O–H groups in total. The molecular formula is C88H161NO18. The van der Waals surface area contributed by atoms with E-state index in [4.69, 9.17) is 28.4 Å². The Morgan fingerprint density at radius 1 is 0.346 bits per heavy atom. The minimum atomic E-state index is -1.98. The van der Waals surface area contributed by atoms with Crippen LogP contribution >= 0.6 is 0 Å². The van der Waals surface area contributed by atoms with Crippen LogP contribution in [0.3, 0.4) is 0 Å². The van der Waals surface area contributed by atoms with Gasteiger partial charge in [-0.25, -0.2) is 0 Å². The fourth-order valence-corrected chi connectivity index (χ4v) is 14.8. The highest BCUT2D eigenvalue weighted by atomic mass is 16.8. The predicted octanol–water partition coefficient (Wildman–Crippen LogP) is 16.2. The van der Waals surface area contributed by atoms with Gasteiger partial charge in [0, 0.05) is 6.42 Å². The summed E-state index contributed by atoms with van der Waals surface area (Å²) in [5, 5.41) is 121. The van der Waals surface area contributed by atoms with Crippen LogP contribution in [0.15, 0.2) is 60.8 Å². The highest BCUT2D eigenvalue weighted by molar-refractivity contribution is 5.76. The van der Waals surface area contributed by atoms with E-state index < -0.39 is 124 Å². The topological polar surface area (TPSA) is 307 Å². The van der Waals surface area contributed by atoms with Crippen LogP contribution in [-0.4, -0.2) is 193 Å². The second-order valence-electron chi connectivity index (χ2n) is 31.3. The molecule has 3 saturated heterocycles. The van der Waals surface area contributed by atoms with Crippen molar-refractivity contribution in [3.05, 3.63) is 60.8 Å². The molecule has 19 nitrogen and oxygen atoms in total. The van der Waals surface area contributed by atoms with Gasteiger partial charge in [-0.2, -0.15) is 0 Å². The van der Waals surface area contributed by atoms with Gasteiger partial charge < -0.3 is 89.9 Å². The fraction of sp³-hybridized carbons (Fsp3) is 0.875. The quantitative estimate of drug-likeness (QED) is 0.0199. The fourth-order valence-electron chi connectivity index (χ4n) is 14.8. The molecule has 0 aromatic heterocycles. The molecule has 0 aromatic carbocycles. The number of unbranched alkanes of at least 4 members (excludes halogenated alkanes) is 47. The Bertz CT molecular complexity index is 2160. The predicted molar refractivity (Wildman–Crippen MR) is 429 cm³/mol. The van der Waals surface area contributed by atoms with E-state index in [-0.39, 0.29) is 18.9 Å². The first kappa shape index (κ1) is 98.7. The summed E-state index contributed by atoms with van der Waals surface area (Å²) in [6.07, 6.45) is 62.3. The van der Waals surface area contributed by atoms with Gasteiger partial charge in [-0.05, 0) is 57.8 Å². The van der Waals surface area contributed by atoms with Gasteiger partial charge in [0.25, 0.3) is 0 Å². The number of nitrogens with one attached hydrogen (secondary N) is 1. The lowest BCUT2D eigenvalue weighted by atomic mass is 9.96. The molecule has 3 aliphatic rings. The van der Waals surface area contributed by atoms with Crippen LogP contribution in [0.2, 0.25) is 0 Å².